The fourth-order valence-corrected chi connectivity index (χ4v) is 9.13. The van der Waals surface area contributed by atoms with Crippen molar-refractivity contribution in [2.24, 2.45) is 11.8 Å². The first-order valence-corrected chi connectivity index (χ1v) is 26.4. The van der Waals surface area contributed by atoms with E-state index in [4.69, 9.17) is 29.3 Å². The third-order valence-corrected chi connectivity index (χ3v) is 13.3. The van der Waals surface area contributed by atoms with Crippen LogP contribution in [-0.4, -0.2) is 66.2 Å². The van der Waals surface area contributed by atoms with E-state index in [-0.39, 0.29) is 24.8 Å². The molecule has 1 fully saturated rings. The second kappa shape index (κ2) is 47.3. The maximum atomic E-state index is 8.36. The van der Waals surface area contributed by atoms with E-state index in [0.717, 1.165) is 44.2 Å². The molecule has 1 aliphatic heterocycles. The van der Waals surface area contributed by atoms with E-state index >= 15 is 0 Å². The summed E-state index contributed by atoms with van der Waals surface area (Å²) in [6.07, 6.45) is 51.8. The zero-order valence-electron chi connectivity index (χ0n) is 41.5. The molecule has 7 heteroatoms. The lowest BCUT2D eigenvalue weighted by Crippen LogP contribution is -2.33. The molecule has 0 amide bonds. The van der Waals surface area contributed by atoms with E-state index < -0.39 is 0 Å². The van der Waals surface area contributed by atoms with Crippen LogP contribution in [0.25, 0.3) is 0 Å². The Kier molecular flexibility index (Phi) is 48.0. The van der Waals surface area contributed by atoms with Gasteiger partial charge >= 0.3 is 0 Å². The van der Waals surface area contributed by atoms with Crippen molar-refractivity contribution in [2.45, 2.75) is 297 Å². The normalized spacial score (nSPS) is 14.8. The molecule has 1 aliphatic rings. The Morgan fingerprint density at radius 2 is 0.800 bits per heavy atom. The van der Waals surface area contributed by atoms with Gasteiger partial charge in [-0.3, -0.25) is 9.59 Å². The lowest BCUT2D eigenvalue weighted by atomic mass is 9.90. The van der Waals surface area contributed by atoms with Crippen molar-refractivity contribution >= 4 is 12.9 Å². The minimum atomic E-state index is -0.309. The number of unbranched alkanes of at least 4 members (excludes halogenated alkanes) is 22. The lowest BCUT2D eigenvalue weighted by molar-refractivity contribution is -0.180. The van der Waals surface area contributed by atoms with Crippen molar-refractivity contribution in [3.63, 3.8) is 0 Å². The van der Waals surface area contributed by atoms with Crippen LogP contribution in [0.3, 0.4) is 0 Å². The van der Waals surface area contributed by atoms with Gasteiger partial charge in [0.25, 0.3) is 12.9 Å². The molecule has 2 N–H and O–H groups in total. The number of carboxylic acid groups (broad SMARTS) is 2. The lowest BCUT2D eigenvalue weighted by Gasteiger charge is -2.29. The van der Waals surface area contributed by atoms with E-state index in [2.05, 4.69) is 53.5 Å². The predicted octanol–water partition coefficient (Wildman–Crippen LogP) is 16.6. The molecule has 0 spiro atoms. The molecule has 0 aromatic heterocycles. The van der Waals surface area contributed by atoms with Crippen LogP contribution in [0, 0.1) is 11.8 Å². The first kappa shape index (κ1) is 60.9. The summed E-state index contributed by atoms with van der Waals surface area (Å²) in [6, 6.07) is 0.586. The quantitative estimate of drug-likeness (QED) is 0.0466. The van der Waals surface area contributed by atoms with Crippen LogP contribution in [0.4, 0.5) is 0 Å². The highest BCUT2D eigenvalue weighted by atomic mass is 16.7. The Balaban J connectivity index is 0. The zero-order valence-corrected chi connectivity index (χ0v) is 41.5. The number of rotatable bonds is 42. The zero-order chi connectivity index (χ0) is 44.8. The highest BCUT2D eigenvalue weighted by Gasteiger charge is 2.40. The van der Waals surface area contributed by atoms with Crippen LogP contribution in [0.1, 0.15) is 279 Å². The molecule has 360 valence electrons. The molecule has 1 saturated heterocycles. The van der Waals surface area contributed by atoms with Crippen LogP contribution in [0.15, 0.2) is 0 Å². The van der Waals surface area contributed by atoms with Gasteiger partial charge in [0.1, 0.15) is 0 Å². The van der Waals surface area contributed by atoms with Crippen molar-refractivity contribution in [2.75, 3.05) is 20.2 Å². The van der Waals surface area contributed by atoms with Gasteiger partial charge in [-0.05, 0) is 52.0 Å². The molecule has 0 radical (unpaired) electrons. The second-order valence-electron chi connectivity index (χ2n) is 19.0. The Morgan fingerprint density at radius 3 is 1.10 bits per heavy atom. The number of hydrogen-bond acceptors (Lipinski definition) is 5. The highest BCUT2D eigenvalue weighted by molar-refractivity contribution is 5.33. The monoisotopic (exact) mass is 854 g/mol. The summed E-state index contributed by atoms with van der Waals surface area (Å²) in [7, 11) is 2.24. The molecule has 60 heavy (non-hydrogen) atoms. The summed E-state index contributed by atoms with van der Waals surface area (Å²) >= 11 is 0. The molecule has 0 bridgehead atoms. The second-order valence-corrected chi connectivity index (χ2v) is 19.0. The summed E-state index contributed by atoms with van der Waals surface area (Å²) in [4.78, 5) is 19.2. The van der Waals surface area contributed by atoms with Gasteiger partial charge in [-0.2, -0.15) is 0 Å². The third kappa shape index (κ3) is 39.7. The van der Waals surface area contributed by atoms with Gasteiger partial charge in [0, 0.05) is 25.4 Å². The first-order chi connectivity index (χ1) is 29.2. The molecule has 0 aromatic carbocycles. The van der Waals surface area contributed by atoms with Crippen LogP contribution < -0.4 is 0 Å². The number of carbonyl (C=O) groups is 2. The minimum absolute atomic E-state index is 0.250. The van der Waals surface area contributed by atoms with Crippen LogP contribution in [-0.2, 0) is 19.1 Å². The molecule has 1 heterocycles. The largest absolute Gasteiger partial charge is 0.483 e. The maximum absolute atomic E-state index is 8.36. The number of nitrogens with zero attached hydrogens (tertiary/aromatic N) is 1. The average Bonchev–Trinajstić information content (AvgIpc) is 3.64. The van der Waals surface area contributed by atoms with Gasteiger partial charge < -0.3 is 24.6 Å². The number of hydrogen-bond donors (Lipinski definition) is 2. The van der Waals surface area contributed by atoms with E-state index in [1.54, 1.807) is 0 Å². The Morgan fingerprint density at radius 1 is 0.517 bits per heavy atom. The van der Waals surface area contributed by atoms with Crippen LogP contribution >= 0.6 is 0 Å². The van der Waals surface area contributed by atoms with E-state index in [1.807, 2.05) is 0 Å². The van der Waals surface area contributed by atoms with E-state index in [9.17, 15) is 0 Å². The average molecular weight is 854 g/mol. The van der Waals surface area contributed by atoms with Crippen LogP contribution in [0.5, 0.6) is 0 Å². The Bertz CT molecular complexity index is 785. The van der Waals surface area contributed by atoms with Crippen molar-refractivity contribution in [3.8, 4) is 0 Å². The topological polar surface area (TPSA) is 96.3 Å². The summed E-state index contributed by atoms with van der Waals surface area (Å²) < 4.78 is 13.4. The van der Waals surface area contributed by atoms with Gasteiger partial charge in [-0.15, -0.1) is 0 Å². The molecule has 0 saturated carbocycles. The van der Waals surface area contributed by atoms with Gasteiger partial charge in [0.05, 0.1) is 12.7 Å². The SMILES string of the molecule is CCCCCC(CCCCC)CCCCCCCCCCC1(CCCCCCCCCCC(CCCCC)CCCCC)OCC(CCN(C)C(C)C)O1.O=CO.O=CO. The van der Waals surface area contributed by atoms with Gasteiger partial charge in [-0.25, -0.2) is 0 Å². The van der Waals surface area contributed by atoms with Crippen molar-refractivity contribution < 1.29 is 29.3 Å². The molecular weight excluding hydrogens is 747 g/mol. The molecule has 1 atom stereocenters. The summed E-state index contributed by atoms with van der Waals surface area (Å²) in [5.41, 5.74) is 0. The fraction of sp³-hybridized carbons (Fsp3) is 0.962. The number of ether oxygens (including phenoxy) is 2. The predicted molar refractivity (Wildman–Crippen MR) is 259 cm³/mol. The smallest absolute Gasteiger partial charge is 0.290 e. The van der Waals surface area contributed by atoms with Crippen molar-refractivity contribution in [1.29, 1.82) is 0 Å². The standard InChI is InChI=1S/C51H103NO2.2CH2O2/c1-8-12-28-36-48(37-29-13-9-2)40-32-24-20-16-18-22-26-34-43-51(53-46-50(54-51)42-45-52(7)47(5)6)44-35-27-23-19-17-21-25-33-41-49(38-30-14-10-3)39-31-15-11-4;2*2-1-3/h47-50H,8-46H2,1-7H3;2*1H,(H,2,3). The summed E-state index contributed by atoms with van der Waals surface area (Å²) in [5, 5.41) is 13.8. The fourth-order valence-electron chi connectivity index (χ4n) is 9.13. The van der Waals surface area contributed by atoms with Crippen molar-refractivity contribution in [3.05, 3.63) is 0 Å². The Labute approximate surface area is 375 Å². The van der Waals surface area contributed by atoms with E-state index in [1.165, 1.54) is 218 Å². The van der Waals surface area contributed by atoms with E-state index in [0.29, 0.717) is 6.04 Å². The summed E-state index contributed by atoms with van der Waals surface area (Å²) in [6.45, 7) is 15.3. The molecule has 1 unspecified atom stereocenters. The van der Waals surface area contributed by atoms with Crippen molar-refractivity contribution in [1.82, 2.24) is 4.90 Å². The Hall–Kier alpha value is -1.18. The minimum Gasteiger partial charge on any atom is -0.483 e. The van der Waals surface area contributed by atoms with Gasteiger partial charge in [0.2, 0.25) is 0 Å². The highest BCUT2D eigenvalue weighted by Crippen LogP contribution is 2.36. The molecule has 0 aliphatic carbocycles. The molecule has 0 aromatic rings. The molecule has 7 nitrogen and oxygen atoms in total. The first-order valence-electron chi connectivity index (χ1n) is 26.4. The molecular formula is C53H107NO6. The third-order valence-electron chi connectivity index (χ3n) is 13.3. The summed E-state index contributed by atoms with van der Waals surface area (Å²) in [5.74, 6) is 1.70. The van der Waals surface area contributed by atoms with Gasteiger partial charge in [0.15, 0.2) is 5.79 Å². The molecule has 1 rings (SSSR count). The maximum Gasteiger partial charge on any atom is 0.290 e. The van der Waals surface area contributed by atoms with Gasteiger partial charge in [-0.1, -0.05) is 233 Å². The van der Waals surface area contributed by atoms with Crippen LogP contribution in [0.2, 0.25) is 0 Å².